The van der Waals surface area contributed by atoms with E-state index >= 15 is 0 Å². The quantitative estimate of drug-likeness (QED) is 0.400. The van der Waals surface area contributed by atoms with Crippen LogP contribution < -0.4 is 0 Å². The lowest BCUT2D eigenvalue weighted by atomic mass is 10.1. The Balaban J connectivity index is 2.50. The van der Waals surface area contributed by atoms with Crippen molar-refractivity contribution in [3.63, 3.8) is 0 Å². The van der Waals surface area contributed by atoms with Gasteiger partial charge in [0.05, 0.1) is 7.57 Å². The smallest absolute Gasteiger partial charge is 0.265 e. The molecule has 0 unspecified atom stereocenters. The number of hydrogen-bond donors (Lipinski definition) is 0. The van der Waals surface area contributed by atoms with Gasteiger partial charge in [0.1, 0.15) is 5.57 Å². The van der Waals surface area contributed by atoms with E-state index in [2.05, 4.69) is 31.9 Å². The molecule has 0 spiro atoms. The molecule has 0 atom stereocenters. The minimum absolute atomic E-state index is 0.137. The standard InChI is InChI=1S/C13H12Br2N2O2S2/c1-3-16-11(18)8(12(19)17(4-2)13(16)20)5-7-6-9(14)21-10(7)15/h5-6H,3-4H2,1-2H3. The maximum atomic E-state index is 12.5. The second-order valence-electron chi connectivity index (χ2n) is 4.22. The summed E-state index contributed by atoms with van der Waals surface area (Å²) in [7, 11) is 0. The molecule has 0 aromatic carbocycles. The molecule has 4 nitrogen and oxygen atoms in total. The van der Waals surface area contributed by atoms with Gasteiger partial charge in [-0.25, -0.2) is 0 Å². The Hall–Kier alpha value is -0.570. The first-order valence-electron chi connectivity index (χ1n) is 6.24. The van der Waals surface area contributed by atoms with Crippen LogP contribution in [0.4, 0.5) is 0 Å². The molecule has 0 aliphatic carbocycles. The summed E-state index contributed by atoms with van der Waals surface area (Å²) in [6.45, 7) is 4.55. The summed E-state index contributed by atoms with van der Waals surface area (Å²) in [6.07, 6.45) is 1.61. The average molecular weight is 452 g/mol. The van der Waals surface area contributed by atoms with Gasteiger partial charge in [-0.2, -0.15) is 0 Å². The highest BCUT2D eigenvalue weighted by molar-refractivity contribution is 9.12. The largest absolute Gasteiger partial charge is 0.285 e. The van der Waals surface area contributed by atoms with Gasteiger partial charge in [0, 0.05) is 18.7 Å². The Morgan fingerprint density at radius 3 is 2.10 bits per heavy atom. The van der Waals surface area contributed by atoms with E-state index in [-0.39, 0.29) is 22.5 Å². The topological polar surface area (TPSA) is 40.6 Å². The van der Waals surface area contributed by atoms with Crippen molar-refractivity contribution in [2.75, 3.05) is 13.1 Å². The first-order valence-corrected chi connectivity index (χ1v) is 9.06. The predicted octanol–water partition coefficient (Wildman–Crippen LogP) is 3.65. The minimum Gasteiger partial charge on any atom is -0.285 e. The van der Waals surface area contributed by atoms with Crippen molar-refractivity contribution in [1.82, 2.24) is 9.80 Å². The van der Waals surface area contributed by atoms with Gasteiger partial charge in [0.25, 0.3) is 11.8 Å². The first kappa shape index (κ1) is 16.8. The van der Waals surface area contributed by atoms with Crippen molar-refractivity contribution in [3.8, 4) is 0 Å². The molecule has 0 bridgehead atoms. The minimum atomic E-state index is -0.341. The van der Waals surface area contributed by atoms with E-state index in [9.17, 15) is 9.59 Å². The number of halogens is 2. The van der Waals surface area contributed by atoms with Crippen molar-refractivity contribution in [3.05, 3.63) is 24.8 Å². The Kier molecular flexibility index (Phi) is 5.34. The molecule has 2 heterocycles. The van der Waals surface area contributed by atoms with Gasteiger partial charge in [0.15, 0.2) is 5.11 Å². The molecule has 2 rings (SSSR count). The number of thiocarbonyl (C=S) groups is 1. The predicted molar refractivity (Wildman–Crippen MR) is 95.1 cm³/mol. The van der Waals surface area contributed by atoms with Gasteiger partial charge in [-0.15, -0.1) is 11.3 Å². The number of carbonyl (C=O) groups excluding carboxylic acids is 2. The SMILES string of the molecule is CCN1C(=O)C(=Cc2cc(Br)sc2Br)C(=O)N(CC)C1=S. The number of amides is 2. The van der Waals surface area contributed by atoms with E-state index in [1.807, 2.05) is 19.9 Å². The fourth-order valence-corrected chi connectivity index (χ4v) is 5.14. The number of likely N-dealkylation sites (N-methyl/N-ethyl adjacent to an activating group) is 2. The van der Waals surface area contributed by atoms with Gasteiger partial charge in [-0.1, -0.05) is 0 Å². The normalized spacial score (nSPS) is 16.0. The van der Waals surface area contributed by atoms with Crippen LogP contribution in [0.25, 0.3) is 6.08 Å². The third-order valence-electron chi connectivity index (χ3n) is 3.03. The highest BCUT2D eigenvalue weighted by atomic mass is 79.9. The number of rotatable bonds is 3. The van der Waals surface area contributed by atoms with E-state index < -0.39 is 0 Å². The monoisotopic (exact) mass is 450 g/mol. The van der Waals surface area contributed by atoms with Crippen molar-refractivity contribution in [1.29, 1.82) is 0 Å². The molecule has 2 amide bonds. The van der Waals surface area contributed by atoms with E-state index in [1.165, 1.54) is 21.1 Å². The molecular weight excluding hydrogens is 440 g/mol. The Morgan fingerprint density at radius 2 is 1.71 bits per heavy atom. The van der Waals surface area contributed by atoms with Gasteiger partial charge >= 0.3 is 0 Å². The van der Waals surface area contributed by atoms with Crippen LogP contribution in [-0.2, 0) is 9.59 Å². The molecule has 1 saturated heterocycles. The zero-order valence-corrected chi connectivity index (χ0v) is 16.2. The molecule has 0 N–H and O–H groups in total. The molecule has 1 aliphatic rings. The highest BCUT2D eigenvalue weighted by Gasteiger charge is 2.37. The molecule has 21 heavy (non-hydrogen) atoms. The highest BCUT2D eigenvalue weighted by Crippen LogP contribution is 2.34. The summed E-state index contributed by atoms with van der Waals surface area (Å²) in [5, 5.41) is 0.276. The lowest BCUT2D eigenvalue weighted by molar-refractivity contribution is -0.133. The Bertz CT molecular complexity index is 627. The molecule has 0 radical (unpaired) electrons. The van der Waals surface area contributed by atoms with Crippen LogP contribution in [0.5, 0.6) is 0 Å². The molecule has 1 aromatic rings. The number of thiophene rings is 1. The number of carbonyl (C=O) groups is 2. The summed E-state index contributed by atoms with van der Waals surface area (Å²) in [5.41, 5.74) is 0.932. The van der Waals surface area contributed by atoms with Gasteiger partial charge in [-0.05, 0) is 70.1 Å². The summed E-state index contributed by atoms with van der Waals surface area (Å²) >= 11 is 13.5. The van der Waals surface area contributed by atoms with Crippen molar-refractivity contribution in [2.45, 2.75) is 13.8 Å². The van der Waals surface area contributed by atoms with Crippen molar-refractivity contribution in [2.24, 2.45) is 0 Å². The van der Waals surface area contributed by atoms with Gasteiger partial charge in [0.2, 0.25) is 0 Å². The van der Waals surface area contributed by atoms with Crippen LogP contribution >= 0.6 is 55.4 Å². The van der Waals surface area contributed by atoms with Gasteiger partial charge in [-0.3, -0.25) is 19.4 Å². The zero-order chi connectivity index (χ0) is 15.7. The van der Waals surface area contributed by atoms with Crippen LogP contribution in [-0.4, -0.2) is 39.8 Å². The Labute approximate surface area is 149 Å². The van der Waals surface area contributed by atoms with Crippen LogP contribution in [0.1, 0.15) is 19.4 Å². The van der Waals surface area contributed by atoms with Crippen LogP contribution in [0.15, 0.2) is 19.2 Å². The lowest BCUT2D eigenvalue weighted by Crippen LogP contribution is -2.55. The van der Waals surface area contributed by atoms with Gasteiger partial charge < -0.3 is 0 Å². The third-order valence-corrected chi connectivity index (χ3v) is 5.85. The van der Waals surface area contributed by atoms with Crippen molar-refractivity contribution < 1.29 is 9.59 Å². The second-order valence-corrected chi connectivity index (χ2v) is 8.33. The molecule has 112 valence electrons. The molecule has 1 aromatic heterocycles. The lowest BCUT2D eigenvalue weighted by Gasteiger charge is -2.35. The number of hydrogen-bond acceptors (Lipinski definition) is 4. The van der Waals surface area contributed by atoms with Crippen LogP contribution in [0.3, 0.4) is 0 Å². The summed E-state index contributed by atoms with van der Waals surface area (Å²) in [5.74, 6) is -0.683. The maximum absolute atomic E-state index is 12.5. The maximum Gasteiger partial charge on any atom is 0.265 e. The molecule has 1 aliphatic heterocycles. The average Bonchev–Trinajstić information content (AvgIpc) is 2.74. The fourth-order valence-electron chi connectivity index (χ4n) is 1.99. The molecule has 0 saturated carbocycles. The van der Waals surface area contributed by atoms with E-state index in [1.54, 1.807) is 6.08 Å². The summed E-state index contributed by atoms with van der Waals surface area (Å²) in [6, 6.07) is 1.86. The van der Waals surface area contributed by atoms with E-state index in [0.29, 0.717) is 13.1 Å². The van der Waals surface area contributed by atoms with Crippen LogP contribution in [0.2, 0.25) is 0 Å². The third kappa shape index (κ3) is 3.13. The first-order chi connectivity index (χ1) is 9.90. The second kappa shape index (κ2) is 6.68. The van der Waals surface area contributed by atoms with Crippen LogP contribution in [0, 0.1) is 0 Å². The van der Waals surface area contributed by atoms with Crippen molar-refractivity contribution >= 4 is 78.4 Å². The summed E-state index contributed by atoms with van der Waals surface area (Å²) < 4.78 is 1.79. The Morgan fingerprint density at radius 1 is 1.19 bits per heavy atom. The van der Waals surface area contributed by atoms with E-state index in [0.717, 1.165) is 13.1 Å². The molecule has 8 heteroatoms. The molecule has 1 fully saturated rings. The number of nitrogens with zero attached hydrogens (tertiary/aromatic N) is 2. The van der Waals surface area contributed by atoms with E-state index in [4.69, 9.17) is 12.2 Å². The molecular formula is C13H12Br2N2O2S2. The summed E-state index contributed by atoms with van der Waals surface area (Å²) in [4.78, 5) is 27.8. The fraction of sp³-hybridized carbons (Fsp3) is 0.308. The zero-order valence-electron chi connectivity index (χ0n) is 11.4.